The van der Waals surface area contributed by atoms with Gasteiger partial charge in [0.2, 0.25) is 0 Å². The molecule has 5 unspecified atom stereocenters. The summed E-state index contributed by atoms with van der Waals surface area (Å²) in [6.07, 6.45) is 7.49. The van der Waals surface area contributed by atoms with E-state index in [-0.39, 0.29) is 30.6 Å². The molecule has 2 saturated heterocycles. The fraction of sp³-hybridized carbons (Fsp3) is 0.444. The Morgan fingerprint density at radius 1 is 0.792 bits per heavy atom. The molecule has 6 rings (SSSR count). The second kappa shape index (κ2) is 15.4. The van der Waals surface area contributed by atoms with Crippen LogP contribution in [0.3, 0.4) is 0 Å². The van der Waals surface area contributed by atoms with Crippen molar-refractivity contribution in [3.05, 3.63) is 106 Å². The molecule has 3 aliphatic rings. The maximum absolute atomic E-state index is 14.2. The molecule has 3 aromatic carbocycles. The molecule has 48 heavy (non-hydrogen) atoms. The average molecular weight is 703 g/mol. The summed E-state index contributed by atoms with van der Waals surface area (Å²) in [4.78, 5) is 0. The molecule has 1 aliphatic carbocycles. The van der Waals surface area contributed by atoms with Crippen LogP contribution in [0.15, 0.2) is 72.3 Å². The lowest BCUT2D eigenvalue weighted by Crippen LogP contribution is -2.19. The van der Waals surface area contributed by atoms with Gasteiger partial charge in [0.15, 0.2) is 0 Å². The number of hydrogen-bond acceptors (Lipinski definition) is 8. The summed E-state index contributed by atoms with van der Waals surface area (Å²) in [5, 5.41) is 0. The van der Waals surface area contributed by atoms with Gasteiger partial charge in [-0.05, 0) is 92.1 Å². The lowest BCUT2D eigenvalue weighted by molar-refractivity contribution is 0.0500. The zero-order chi connectivity index (χ0) is 33.7. The van der Waals surface area contributed by atoms with Gasteiger partial charge >= 0.3 is 15.6 Å². The Balaban J connectivity index is 1.38. The van der Waals surface area contributed by atoms with E-state index in [1.807, 2.05) is 19.1 Å². The number of rotatable bonds is 11. The first kappa shape index (κ1) is 35.0. The minimum Gasteiger partial charge on any atom is -0.404 e. The van der Waals surface area contributed by atoms with E-state index in [2.05, 4.69) is 13.0 Å². The number of allylic oxidation sites excluding steroid dienone is 2. The third kappa shape index (κ3) is 8.65. The number of hydrogen-bond donors (Lipinski definition) is 0. The molecular weight excluding hydrogens is 660 g/mol. The van der Waals surface area contributed by atoms with Gasteiger partial charge in [-0.25, -0.2) is 17.9 Å². The number of benzene rings is 3. The standard InChI is InChI=1S/C36H42F2O8P2/c1-3-4-5-10-26-21-34(45-47(39)41-18-16-32(43-47)27-11-7-14-30(37)23-27)36(29-13-6-9-25(2)20-29)35(22-26)46-48(40)42-19-17-33(44-48)28-12-8-15-31(38)24-28/h7-8,11-12,14-15,20-24,29,32-33H,3-6,9-10,13,16-19H2,1-2H3. The van der Waals surface area contributed by atoms with Crippen molar-refractivity contribution >= 4 is 15.6 Å². The van der Waals surface area contributed by atoms with Crippen molar-refractivity contribution in [2.75, 3.05) is 13.2 Å². The van der Waals surface area contributed by atoms with Crippen LogP contribution in [0.25, 0.3) is 0 Å². The smallest absolute Gasteiger partial charge is 0.404 e. The largest absolute Gasteiger partial charge is 0.530 e. The van der Waals surface area contributed by atoms with E-state index in [1.54, 1.807) is 24.3 Å². The van der Waals surface area contributed by atoms with Crippen molar-refractivity contribution in [2.45, 2.75) is 89.8 Å². The van der Waals surface area contributed by atoms with Crippen molar-refractivity contribution in [1.82, 2.24) is 0 Å². The first-order chi connectivity index (χ1) is 23.1. The fourth-order valence-electron chi connectivity index (χ4n) is 6.46. The van der Waals surface area contributed by atoms with Crippen molar-refractivity contribution < 1.29 is 45.1 Å². The quantitative estimate of drug-likeness (QED) is 0.111. The highest BCUT2D eigenvalue weighted by atomic mass is 31.2. The molecule has 8 nitrogen and oxygen atoms in total. The molecular formula is C36H42F2O8P2. The zero-order valence-corrected chi connectivity index (χ0v) is 29.1. The SMILES string of the molecule is CCCCCc1cc(OP2(=O)OCCC(c3cccc(F)c3)O2)c(C2C=C(C)CCC2)c(OP2(=O)OCCC(c3cccc(F)c3)O2)c1. The van der Waals surface area contributed by atoms with E-state index < -0.39 is 39.5 Å². The Hall–Kier alpha value is -2.84. The van der Waals surface area contributed by atoms with E-state index in [4.69, 9.17) is 27.1 Å². The topological polar surface area (TPSA) is 89.5 Å². The number of halogens is 2. The van der Waals surface area contributed by atoms with Crippen LogP contribution in [-0.4, -0.2) is 13.2 Å². The van der Waals surface area contributed by atoms with Gasteiger partial charge in [-0.1, -0.05) is 55.7 Å². The molecule has 3 aromatic rings. The van der Waals surface area contributed by atoms with E-state index in [9.17, 15) is 17.9 Å². The highest BCUT2D eigenvalue weighted by Gasteiger charge is 2.42. The van der Waals surface area contributed by atoms with Crippen LogP contribution < -0.4 is 9.05 Å². The van der Waals surface area contributed by atoms with E-state index >= 15 is 0 Å². The molecule has 2 fully saturated rings. The predicted octanol–water partition coefficient (Wildman–Crippen LogP) is 11.2. The molecule has 0 bridgehead atoms. The minimum atomic E-state index is -4.22. The van der Waals surface area contributed by atoms with Crippen molar-refractivity contribution in [3.8, 4) is 11.5 Å². The van der Waals surface area contributed by atoms with Crippen LogP contribution in [0.4, 0.5) is 8.78 Å². The Morgan fingerprint density at radius 3 is 1.85 bits per heavy atom. The van der Waals surface area contributed by atoms with Crippen molar-refractivity contribution in [2.24, 2.45) is 0 Å². The molecule has 5 atom stereocenters. The Kier molecular flexibility index (Phi) is 11.2. The molecule has 2 heterocycles. The second-order valence-corrected chi connectivity index (χ2v) is 15.7. The first-order valence-corrected chi connectivity index (χ1v) is 19.6. The molecule has 0 spiro atoms. The van der Waals surface area contributed by atoms with Gasteiger partial charge in [0, 0.05) is 24.3 Å². The maximum atomic E-state index is 14.2. The number of phosphoric ester groups is 2. The summed E-state index contributed by atoms with van der Waals surface area (Å²) < 4.78 is 92.2. The predicted molar refractivity (Wildman–Crippen MR) is 178 cm³/mol. The van der Waals surface area contributed by atoms with Crippen LogP contribution in [0.2, 0.25) is 0 Å². The van der Waals surface area contributed by atoms with Crippen molar-refractivity contribution in [3.63, 3.8) is 0 Å². The highest BCUT2D eigenvalue weighted by molar-refractivity contribution is 7.49. The van der Waals surface area contributed by atoms with Gasteiger partial charge in [0.1, 0.15) is 23.1 Å². The number of aryl methyl sites for hydroxylation is 1. The Bertz CT molecular complexity index is 1630. The van der Waals surface area contributed by atoms with Crippen LogP contribution in [0.1, 0.15) is 106 Å². The Morgan fingerprint density at radius 2 is 1.35 bits per heavy atom. The van der Waals surface area contributed by atoms with Gasteiger partial charge in [0.05, 0.1) is 25.4 Å². The molecule has 0 saturated carbocycles. The normalized spacial score (nSPS) is 27.7. The van der Waals surface area contributed by atoms with Gasteiger partial charge < -0.3 is 9.05 Å². The summed E-state index contributed by atoms with van der Waals surface area (Å²) in [6.45, 7) is 4.31. The second-order valence-electron chi connectivity index (χ2n) is 12.6. The average Bonchev–Trinajstić information content (AvgIpc) is 3.04. The van der Waals surface area contributed by atoms with E-state index in [0.717, 1.165) is 44.1 Å². The van der Waals surface area contributed by atoms with Gasteiger partial charge in [-0.2, -0.15) is 0 Å². The summed E-state index contributed by atoms with van der Waals surface area (Å²) in [6, 6.07) is 15.6. The van der Waals surface area contributed by atoms with Crippen LogP contribution in [-0.2, 0) is 33.6 Å². The van der Waals surface area contributed by atoms with Gasteiger partial charge in [-0.15, -0.1) is 0 Å². The monoisotopic (exact) mass is 702 g/mol. The Labute approximate surface area is 281 Å². The third-order valence-electron chi connectivity index (χ3n) is 8.81. The van der Waals surface area contributed by atoms with Crippen LogP contribution in [0, 0.1) is 11.6 Å². The van der Waals surface area contributed by atoms with Gasteiger partial charge in [0.25, 0.3) is 0 Å². The number of phosphoric acid groups is 2. The summed E-state index contributed by atoms with van der Waals surface area (Å²) >= 11 is 0. The molecule has 0 N–H and O–H groups in total. The highest BCUT2D eigenvalue weighted by Crippen LogP contribution is 2.61. The minimum absolute atomic E-state index is 0.0775. The van der Waals surface area contributed by atoms with Crippen LogP contribution in [0.5, 0.6) is 11.5 Å². The summed E-state index contributed by atoms with van der Waals surface area (Å²) in [5.41, 5.74) is 3.57. The molecule has 12 heteroatoms. The van der Waals surface area contributed by atoms with Crippen LogP contribution >= 0.6 is 15.6 Å². The first-order valence-electron chi connectivity index (χ1n) is 16.7. The fourth-order valence-corrected chi connectivity index (χ4v) is 9.29. The molecule has 0 aromatic heterocycles. The molecule has 0 radical (unpaired) electrons. The summed E-state index contributed by atoms with van der Waals surface area (Å²) in [5.74, 6) is -0.641. The maximum Gasteiger partial charge on any atom is 0.530 e. The summed E-state index contributed by atoms with van der Waals surface area (Å²) in [7, 11) is -8.43. The lowest BCUT2D eigenvalue weighted by Gasteiger charge is -2.33. The van der Waals surface area contributed by atoms with E-state index in [1.165, 1.54) is 29.8 Å². The van der Waals surface area contributed by atoms with Gasteiger partial charge in [-0.3, -0.25) is 18.1 Å². The third-order valence-corrected chi connectivity index (χ3v) is 11.7. The zero-order valence-electron chi connectivity index (χ0n) is 27.3. The van der Waals surface area contributed by atoms with Crippen molar-refractivity contribution in [1.29, 1.82) is 0 Å². The molecule has 2 aliphatic heterocycles. The molecule has 258 valence electrons. The number of unbranched alkanes of at least 4 members (excludes halogenated alkanes) is 2. The van der Waals surface area contributed by atoms with E-state index in [0.29, 0.717) is 36.0 Å². The lowest BCUT2D eigenvalue weighted by atomic mass is 9.84. The molecule has 0 amide bonds.